The van der Waals surface area contributed by atoms with Gasteiger partial charge in [0.2, 0.25) is 5.91 Å². The molecule has 0 saturated carbocycles. The van der Waals surface area contributed by atoms with E-state index in [4.69, 9.17) is 0 Å². The molecule has 0 radical (unpaired) electrons. The van der Waals surface area contributed by atoms with Gasteiger partial charge in [0.05, 0.1) is 5.69 Å². The van der Waals surface area contributed by atoms with Crippen LogP contribution in [0.1, 0.15) is 42.6 Å². The summed E-state index contributed by atoms with van der Waals surface area (Å²) in [7, 11) is 0. The van der Waals surface area contributed by atoms with Crippen LogP contribution in [0.3, 0.4) is 0 Å². The molecule has 1 aliphatic heterocycles. The number of benzene rings is 1. The molecule has 1 aromatic heterocycles. The molecule has 0 aliphatic carbocycles. The second-order valence-electron chi connectivity index (χ2n) is 6.75. The number of rotatable bonds is 6. The Bertz CT molecular complexity index is 736. The van der Waals surface area contributed by atoms with Crippen molar-refractivity contribution in [3.8, 4) is 0 Å². The predicted molar refractivity (Wildman–Crippen MR) is 96.1 cm³/mol. The highest BCUT2D eigenvalue weighted by atomic mass is 19.3. The molecule has 1 amide bonds. The number of amides is 1. The third-order valence-electron chi connectivity index (χ3n) is 4.54. The van der Waals surface area contributed by atoms with Gasteiger partial charge in [-0.15, -0.1) is 0 Å². The minimum Gasteiger partial charge on any atom is -0.324 e. The van der Waals surface area contributed by atoms with Gasteiger partial charge in [-0.05, 0) is 56.6 Å². The Morgan fingerprint density at radius 2 is 1.88 bits per heavy atom. The van der Waals surface area contributed by atoms with Gasteiger partial charge < -0.3 is 5.32 Å². The lowest BCUT2D eigenvalue weighted by molar-refractivity contribution is -0.117. The van der Waals surface area contributed by atoms with Crippen molar-refractivity contribution in [1.82, 2.24) is 14.7 Å². The Balaban J connectivity index is 1.56. The van der Waals surface area contributed by atoms with E-state index in [1.807, 2.05) is 24.3 Å². The number of alkyl halides is 2. The Kier molecular flexibility index (Phi) is 5.98. The molecule has 1 aliphatic rings. The van der Waals surface area contributed by atoms with Gasteiger partial charge in [-0.1, -0.05) is 18.6 Å². The maximum atomic E-state index is 13.0. The average Bonchev–Trinajstić information content (AvgIpc) is 2.98. The minimum absolute atomic E-state index is 0.233. The summed E-state index contributed by atoms with van der Waals surface area (Å²) in [4.78, 5) is 14.6. The molecular formula is C19H24F2N4O. The normalized spacial score (nSPS) is 15.4. The van der Waals surface area contributed by atoms with Gasteiger partial charge >= 0.3 is 0 Å². The highest BCUT2D eigenvalue weighted by Gasteiger charge is 2.17. The number of halogens is 2. The van der Waals surface area contributed by atoms with Crippen LogP contribution in [-0.2, 0) is 17.9 Å². The fourth-order valence-electron chi connectivity index (χ4n) is 3.27. The fraction of sp³-hybridized carbons (Fsp3) is 0.474. The maximum Gasteiger partial charge on any atom is 0.280 e. The summed E-state index contributed by atoms with van der Waals surface area (Å²) in [6.07, 6.45) is 1.16. The first-order valence-electron chi connectivity index (χ1n) is 8.95. The van der Waals surface area contributed by atoms with Crippen molar-refractivity contribution in [3.63, 3.8) is 0 Å². The second-order valence-corrected chi connectivity index (χ2v) is 6.75. The largest absolute Gasteiger partial charge is 0.324 e. The lowest BCUT2D eigenvalue weighted by Crippen LogP contribution is -2.29. The van der Waals surface area contributed by atoms with Crippen LogP contribution in [0.2, 0.25) is 0 Å². The van der Waals surface area contributed by atoms with Crippen LogP contribution in [0.4, 0.5) is 14.5 Å². The van der Waals surface area contributed by atoms with E-state index < -0.39 is 6.43 Å². The van der Waals surface area contributed by atoms with E-state index in [9.17, 15) is 13.6 Å². The molecule has 1 N–H and O–H groups in total. The van der Waals surface area contributed by atoms with Crippen molar-refractivity contribution in [1.29, 1.82) is 0 Å². The lowest BCUT2D eigenvalue weighted by atomic mass is 10.1. The number of likely N-dealkylation sites (tertiary alicyclic amines) is 1. The maximum absolute atomic E-state index is 13.0. The highest BCUT2D eigenvalue weighted by Crippen LogP contribution is 2.20. The standard InChI is InChI=1S/C19H24F2N4O/c1-14-11-17(19(20)21)25(23-14)13-18(26)22-16-7-5-15(6-8-16)12-24-9-3-2-4-10-24/h5-8,11,19H,2-4,9-10,12-13H2,1H3,(H,22,26). The van der Waals surface area contributed by atoms with Gasteiger partial charge in [-0.2, -0.15) is 5.10 Å². The number of anilines is 1. The molecule has 5 nitrogen and oxygen atoms in total. The van der Waals surface area contributed by atoms with Crippen LogP contribution >= 0.6 is 0 Å². The Morgan fingerprint density at radius 1 is 1.19 bits per heavy atom. The lowest BCUT2D eigenvalue weighted by Gasteiger charge is -2.26. The number of carbonyl (C=O) groups excluding carboxylic acids is 1. The topological polar surface area (TPSA) is 50.2 Å². The summed E-state index contributed by atoms with van der Waals surface area (Å²) >= 11 is 0. The molecule has 7 heteroatoms. The third kappa shape index (κ3) is 4.88. The monoisotopic (exact) mass is 362 g/mol. The third-order valence-corrected chi connectivity index (χ3v) is 4.54. The van der Waals surface area contributed by atoms with E-state index in [1.54, 1.807) is 6.92 Å². The van der Waals surface area contributed by atoms with Crippen LogP contribution in [0.15, 0.2) is 30.3 Å². The van der Waals surface area contributed by atoms with Crippen molar-refractivity contribution in [3.05, 3.63) is 47.3 Å². The van der Waals surface area contributed by atoms with Gasteiger partial charge in [0.15, 0.2) is 0 Å². The number of hydrogen-bond donors (Lipinski definition) is 1. The number of nitrogens with one attached hydrogen (secondary N) is 1. The minimum atomic E-state index is -2.65. The molecule has 1 aromatic carbocycles. The molecule has 0 atom stereocenters. The van der Waals surface area contributed by atoms with Gasteiger partial charge in [-0.3, -0.25) is 14.4 Å². The van der Waals surface area contributed by atoms with E-state index in [2.05, 4.69) is 15.3 Å². The van der Waals surface area contributed by atoms with Gasteiger partial charge in [-0.25, -0.2) is 8.78 Å². The van der Waals surface area contributed by atoms with Crippen molar-refractivity contribution in [2.75, 3.05) is 18.4 Å². The van der Waals surface area contributed by atoms with Crippen molar-refractivity contribution < 1.29 is 13.6 Å². The SMILES string of the molecule is Cc1cc(C(F)F)n(CC(=O)Nc2ccc(CN3CCCCC3)cc2)n1. The van der Waals surface area contributed by atoms with E-state index in [0.29, 0.717) is 11.4 Å². The van der Waals surface area contributed by atoms with Crippen LogP contribution < -0.4 is 5.32 Å². The van der Waals surface area contributed by atoms with Crippen molar-refractivity contribution in [2.45, 2.75) is 45.7 Å². The molecule has 3 rings (SSSR count). The van der Waals surface area contributed by atoms with Crippen LogP contribution in [0.5, 0.6) is 0 Å². The van der Waals surface area contributed by atoms with E-state index in [-0.39, 0.29) is 18.1 Å². The van der Waals surface area contributed by atoms with Gasteiger partial charge in [0.25, 0.3) is 6.43 Å². The zero-order valence-corrected chi connectivity index (χ0v) is 14.9. The average molecular weight is 362 g/mol. The van der Waals surface area contributed by atoms with Gasteiger partial charge in [0.1, 0.15) is 12.2 Å². The first-order chi connectivity index (χ1) is 12.5. The van der Waals surface area contributed by atoms with Crippen LogP contribution in [0.25, 0.3) is 0 Å². The first kappa shape index (κ1) is 18.5. The van der Waals surface area contributed by atoms with E-state index >= 15 is 0 Å². The van der Waals surface area contributed by atoms with Crippen molar-refractivity contribution in [2.24, 2.45) is 0 Å². The summed E-state index contributed by atoms with van der Waals surface area (Å²) in [6.45, 7) is 4.57. The summed E-state index contributed by atoms with van der Waals surface area (Å²) in [5.74, 6) is -0.376. The summed E-state index contributed by atoms with van der Waals surface area (Å²) in [6, 6.07) is 8.98. The second kappa shape index (κ2) is 8.40. The van der Waals surface area contributed by atoms with Gasteiger partial charge in [0, 0.05) is 12.2 Å². The molecule has 2 aromatic rings. The molecular weight excluding hydrogens is 338 g/mol. The number of aryl methyl sites for hydroxylation is 1. The smallest absolute Gasteiger partial charge is 0.280 e. The number of hydrogen-bond acceptors (Lipinski definition) is 3. The Labute approximate surface area is 152 Å². The quantitative estimate of drug-likeness (QED) is 0.851. The summed E-state index contributed by atoms with van der Waals surface area (Å²) in [5, 5.41) is 6.70. The zero-order chi connectivity index (χ0) is 18.5. The number of nitrogens with zero attached hydrogens (tertiary/aromatic N) is 3. The molecule has 1 fully saturated rings. The molecule has 1 saturated heterocycles. The molecule has 2 heterocycles. The van der Waals surface area contributed by atoms with Crippen LogP contribution in [-0.4, -0.2) is 33.7 Å². The predicted octanol–water partition coefficient (Wildman–Crippen LogP) is 3.75. The summed E-state index contributed by atoms with van der Waals surface area (Å²) in [5.41, 5.74) is 2.08. The first-order valence-corrected chi connectivity index (χ1v) is 8.95. The zero-order valence-electron chi connectivity index (χ0n) is 14.9. The van der Waals surface area contributed by atoms with E-state index in [0.717, 1.165) is 24.3 Å². The van der Waals surface area contributed by atoms with Crippen molar-refractivity contribution >= 4 is 11.6 Å². The number of carbonyl (C=O) groups is 1. The fourth-order valence-corrected chi connectivity index (χ4v) is 3.27. The molecule has 26 heavy (non-hydrogen) atoms. The molecule has 0 spiro atoms. The van der Waals surface area contributed by atoms with Crippen LogP contribution in [0, 0.1) is 6.92 Å². The van der Waals surface area contributed by atoms with E-state index in [1.165, 1.54) is 30.9 Å². The molecule has 140 valence electrons. The molecule has 0 unspecified atom stereocenters. The molecule has 0 bridgehead atoms. The Morgan fingerprint density at radius 3 is 2.54 bits per heavy atom. The Hall–Kier alpha value is -2.28. The summed E-state index contributed by atoms with van der Waals surface area (Å²) < 4.78 is 27.0. The number of piperidine rings is 1. The highest BCUT2D eigenvalue weighted by molar-refractivity contribution is 5.90. The number of aromatic nitrogens is 2.